The summed E-state index contributed by atoms with van der Waals surface area (Å²) in [5.41, 5.74) is 0. The van der Waals surface area contributed by atoms with Gasteiger partial charge in [0.2, 0.25) is 11.9 Å². The molecule has 1 N–H and O–H groups in total. The lowest BCUT2D eigenvalue weighted by molar-refractivity contribution is -0.132. The Bertz CT molecular complexity index is 505. The highest BCUT2D eigenvalue weighted by molar-refractivity contribution is 5.85. The van der Waals surface area contributed by atoms with Gasteiger partial charge in [0.15, 0.2) is 0 Å². The summed E-state index contributed by atoms with van der Waals surface area (Å²) >= 11 is 0. The molecule has 1 aromatic heterocycles. The molecule has 0 aliphatic carbocycles. The van der Waals surface area contributed by atoms with Gasteiger partial charge >= 0.3 is 0 Å². The van der Waals surface area contributed by atoms with Crippen LogP contribution >= 0.6 is 24.8 Å². The van der Waals surface area contributed by atoms with E-state index in [1.807, 2.05) is 11.0 Å². The average Bonchev–Trinajstić information content (AvgIpc) is 2.63. The van der Waals surface area contributed by atoms with Crippen LogP contribution in [0.1, 0.15) is 26.2 Å². The molecule has 25 heavy (non-hydrogen) atoms. The average molecular weight is 390 g/mol. The third kappa shape index (κ3) is 5.97. The molecule has 3 heterocycles. The van der Waals surface area contributed by atoms with E-state index in [0.29, 0.717) is 24.2 Å². The number of carbonyl (C=O) groups is 1. The largest absolute Gasteiger partial charge is 0.339 e. The molecule has 8 heteroatoms. The molecule has 2 atom stereocenters. The second kappa shape index (κ2) is 10.8. The summed E-state index contributed by atoms with van der Waals surface area (Å²) in [6.07, 6.45) is 6.69. The topological polar surface area (TPSA) is 61.4 Å². The Hall–Kier alpha value is -1.11. The number of anilines is 1. The number of halogens is 2. The fraction of sp³-hybridized carbons (Fsp3) is 0.706. The first kappa shape index (κ1) is 21.9. The second-order valence-electron chi connectivity index (χ2n) is 6.70. The van der Waals surface area contributed by atoms with Crippen molar-refractivity contribution in [3.8, 4) is 0 Å². The molecule has 2 unspecified atom stereocenters. The maximum Gasteiger partial charge on any atom is 0.225 e. The monoisotopic (exact) mass is 389 g/mol. The molecule has 1 aromatic rings. The van der Waals surface area contributed by atoms with Crippen molar-refractivity contribution in [1.29, 1.82) is 0 Å². The third-order valence-corrected chi connectivity index (χ3v) is 5.10. The summed E-state index contributed by atoms with van der Waals surface area (Å²) in [4.78, 5) is 25.3. The van der Waals surface area contributed by atoms with E-state index in [1.165, 1.54) is 12.8 Å². The van der Waals surface area contributed by atoms with Crippen molar-refractivity contribution < 1.29 is 4.79 Å². The number of nitrogens with one attached hydrogen (secondary N) is 1. The van der Waals surface area contributed by atoms with E-state index in [1.54, 1.807) is 12.4 Å². The first-order valence-electron chi connectivity index (χ1n) is 8.74. The van der Waals surface area contributed by atoms with Gasteiger partial charge in [-0.1, -0.05) is 6.92 Å². The number of piperidine rings is 1. The van der Waals surface area contributed by atoms with Gasteiger partial charge in [-0.15, -0.1) is 24.8 Å². The lowest BCUT2D eigenvalue weighted by Gasteiger charge is -2.36. The summed E-state index contributed by atoms with van der Waals surface area (Å²) in [5, 5.41) is 3.45. The van der Waals surface area contributed by atoms with E-state index >= 15 is 0 Å². The molecule has 0 radical (unpaired) electrons. The Labute approximate surface area is 162 Å². The number of amides is 1. The second-order valence-corrected chi connectivity index (χ2v) is 6.70. The molecular weight excluding hydrogens is 361 g/mol. The summed E-state index contributed by atoms with van der Waals surface area (Å²) in [6, 6.07) is 1.82. The zero-order valence-electron chi connectivity index (χ0n) is 14.8. The Balaban J connectivity index is 0.00000156. The van der Waals surface area contributed by atoms with Gasteiger partial charge < -0.3 is 15.1 Å². The number of piperazine rings is 1. The lowest BCUT2D eigenvalue weighted by atomic mass is 9.85. The van der Waals surface area contributed by atoms with Crippen LogP contribution in [0.5, 0.6) is 0 Å². The van der Waals surface area contributed by atoms with E-state index in [4.69, 9.17) is 0 Å². The van der Waals surface area contributed by atoms with Crippen LogP contribution in [0.2, 0.25) is 0 Å². The van der Waals surface area contributed by atoms with Gasteiger partial charge in [0.25, 0.3) is 0 Å². The molecular formula is C17H29Cl2N5O. The van der Waals surface area contributed by atoms with Crippen LogP contribution in [-0.4, -0.2) is 60.0 Å². The highest BCUT2D eigenvalue weighted by Crippen LogP contribution is 2.23. The van der Waals surface area contributed by atoms with Crippen molar-refractivity contribution in [1.82, 2.24) is 20.2 Å². The molecule has 0 bridgehead atoms. The highest BCUT2D eigenvalue weighted by Gasteiger charge is 2.26. The van der Waals surface area contributed by atoms with Crippen molar-refractivity contribution in [2.45, 2.75) is 26.2 Å². The predicted molar refractivity (Wildman–Crippen MR) is 105 cm³/mol. The van der Waals surface area contributed by atoms with Crippen LogP contribution in [0.25, 0.3) is 0 Å². The van der Waals surface area contributed by atoms with Gasteiger partial charge in [-0.3, -0.25) is 4.79 Å². The van der Waals surface area contributed by atoms with Crippen LogP contribution in [0.15, 0.2) is 18.5 Å². The van der Waals surface area contributed by atoms with Gasteiger partial charge in [-0.2, -0.15) is 0 Å². The van der Waals surface area contributed by atoms with Crippen molar-refractivity contribution in [3.63, 3.8) is 0 Å². The summed E-state index contributed by atoms with van der Waals surface area (Å²) in [7, 11) is 0. The first-order valence-corrected chi connectivity index (χ1v) is 8.74. The maximum atomic E-state index is 12.6. The molecule has 142 valence electrons. The Morgan fingerprint density at radius 2 is 1.92 bits per heavy atom. The predicted octanol–water partition coefficient (Wildman–Crippen LogP) is 1.99. The van der Waals surface area contributed by atoms with E-state index < -0.39 is 0 Å². The van der Waals surface area contributed by atoms with E-state index in [2.05, 4.69) is 27.1 Å². The van der Waals surface area contributed by atoms with Crippen molar-refractivity contribution in [3.05, 3.63) is 18.5 Å². The quantitative estimate of drug-likeness (QED) is 0.852. The van der Waals surface area contributed by atoms with Gasteiger partial charge in [-0.05, 0) is 43.8 Å². The molecule has 6 nitrogen and oxygen atoms in total. The molecule has 0 spiro atoms. The molecule has 0 aromatic carbocycles. The molecule has 1 amide bonds. The number of aromatic nitrogens is 2. The number of nitrogens with zero attached hydrogens (tertiary/aromatic N) is 4. The number of hydrogen-bond donors (Lipinski definition) is 1. The van der Waals surface area contributed by atoms with Crippen LogP contribution in [0.4, 0.5) is 5.95 Å². The molecule has 2 aliphatic rings. The molecule has 2 saturated heterocycles. The van der Waals surface area contributed by atoms with Crippen LogP contribution in [-0.2, 0) is 4.79 Å². The van der Waals surface area contributed by atoms with Gasteiger partial charge in [0, 0.05) is 45.0 Å². The summed E-state index contributed by atoms with van der Waals surface area (Å²) in [6.45, 7) is 7.58. The van der Waals surface area contributed by atoms with Crippen LogP contribution in [0.3, 0.4) is 0 Å². The van der Waals surface area contributed by atoms with Crippen LogP contribution < -0.4 is 10.2 Å². The first-order chi connectivity index (χ1) is 11.2. The standard InChI is InChI=1S/C17H27N5O.2ClH/c1-14(15-4-2-5-18-13-15)12-16(23)21-8-10-22(11-9-21)17-19-6-3-7-20-17;;/h3,6-7,14-15,18H,2,4-5,8-13H2,1H3;2*1H. The zero-order valence-corrected chi connectivity index (χ0v) is 16.4. The maximum absolute atomic E-state index is 12.6. The molecule has 2 aliphatic heterocycles. The van der Waals surface area contributed by atoms with E-state index in [-0.39, 0.29) is 24.8 Å². The number of carbonyl (C=O) groups excluding carboxylic acids is 1. The van der Waals surface area contributed by atoms with Crippen LogP contribution in [0, 0.1) is 11.8 Å². The minimum absolute atomic E-state index is 0. The molecule has 0 saturated carbocycles. The Morgan fingerprint density at radius 1 is 1.24 bits per heavy atom. The lowest BCUT2D eigenvalue weighted by Crippen LogP contribution is -2.49. The molecule has 2 fully saturated rings. The normalized spacial score (nSPS) is 21.7. The van der Waals surface area contributed by atoms with Gasteiger partial charge in [0.1, 0.15) is 0 Å². The van der Waals surface area contributed by atoms with E-state index in [0.717, 1.165) is 45.2 Å². The number of rotatable bonds is 4. The number of hydrogen-bond acceptors (Lipinski definition) is 5. The van der Waals surface area contributed by atoms with Gasteiger partial charge in [-0.25, -0.2) is 9.97 Å². The minimum atomic E-state index is 0. The highest BCUT2D eigenvalue weighted by atomic mass is 35.5. The van der Waals surface area contributed by atoms with Crippen molar-refractivity contribution in [2.75, 3.05) is 44.2 Å². The Kier molecular flexibility index (Phi) is 9.46. The van der Waals surface area contributed by atoms with E-state index in [9.17, 15) is 4.79 Å². The molecule has 3 rings (SSSR count). The third-order valence-electron chi connectivity index (χ3n) is 5.10. The minimum Gasteiger partial charge on any atom is -0.339 e. The summed E-state index contributed by atoms with van der Waals surface area (Å²) < 4.78 is 0. The Morgan fingerprint density at radius 3 is 2.52 bits per heavy atom. The fourth-order valence-electron chi connectivity index (χ4n) is 3.55. The van der Waals surface area contributed by atoms with Crippen molar-refractivity contribution in [2.24, 2.45) is 11.8 Å². The smallest absolute Gasteiger partial charge is 0.225 e. The van der Waals surface area contributed by atoms with Crippen molar-refractivity contribution >= 4 is 36.7 Å². The van der Waals surface area contributed by atoms with Gasteiger partial charge in [0.05, 0.1) is 0 Å². The zero-order chi connectivity index (χ0) is 16.1. The SMILES string of the molecule is CC(CC(=O)N1CCN(c2ncccn2)CC1)C1CCCNC1.Cl.Cl. The fourth-order valence-corrected chi connectivity index (χ4v) is 3.55. The summed E-state index contributed by atoms with van der Waals surface area (Å²) in [5.74, 6) is 2.18.